The molecule has 3 N–H and O–H groups in total. The Balaban J connectivity index is 1.62. The van der Waals surface area contributed by atoms with Crippen molar-refractivity contribution in [1.82, 2.24) is 15.8 Å². The molecule has 3 aromatic rings. The molecule has 0 aliphatic rings. The number of aromatic nitrogens is 1. The van der Waals surface area contributed by atoms with Crippen LogP contribution in [0.1, 0.15) is 21.5 Å². The average Bonchev–Trinajstić information content (AvgIpc) is 2.96. The summed E-state index contributed by atoms with van der Waals surface area (Å²) in [6.45, 7) is 1.85. The van der Waals surface area contributed by atoms with Crippen LogP contribution in [-0.4, -0.2) is 16.8 Å². The minimum atomic E-state index is -0.324. The van der Waals surface area contributed by atoms with Gasteiger partial charge in [0, 0.05) is 22.7 Å². The summed E-state index contributed by atoms with van der Waals surface area (Å²) in [5, 5.41) is 1.01. The molecule has 5 nitrogen and oxygen atoms in total. The first-order chi connectivity index (χ1) is 11.1. The van der Waals surface area contributed by atoms with Gasteiger partial charge in [-0.2, -0.15) is 0 Å². The first kappa shape index (κ1) is 14.8. The Hall–Kier alpha value is -3.08. The molecule has 0 aliphatic carbocycles. The van der Waals surface area contributed by atoms with Gasteiger partial charge in [0.2, 0.25) is 5.91 Å². The Morgan fingerprint density at radius 3 is 2.57 bits per heavy atom. The van der Waals surface area contributed by atoms with Gasteiger partial charge in [0.1, 0.15) is 0 Å². The summed E-state index contributed by atoms with van der Waals surface area (Å²) in [5.74, 6) is -0.591. The lowest BCUT2D eigenvalue weighted by Gasteiger charge is -2.08. The normalized spacial score (nSPS) is 10.5. The number of hydrogen-bond donors (Lipinski definition) is 3. The standard InChI is InChI=1S/C18H17N3O2/c1-12-6-2-3-7-14(12)18(23)21-20-17(22)10-13-11-19-16-9-5-4-8-15(13)16/h2-9,11,19H,10H2,1H3,(H,20,22)(H,21,23). The summed E-state index contributed by atoms with van der Waals surface area (Å²) in [6, 6.07) is 15.0. The molecule has 0 spiro atoms. The Bertz CT molecular complexity index is 867. The molecule has 2 aromatic carbocycles. The van der Waals surface area contributed by atoms with Gasteiger partial charge >= 0.3 is 0 Å². The first-order valence-corrected chi connectivity index (χ1v) is 7.35. The number of fused-ring (bicyclic) bond motifs is 1. The lowest BCUT2D eigenvalue weighted by Crippen LogP contribution is -2.42. The fourth-order valence-corrected chi connectivity index (χ4v) is 2.52. The number of aryl methyl sites for hydroxylation is 1. The predicted molar refractivity (Wildman–Crippen MR) is 88.8 cm³/mol. The number of carbonyl (C=O) groups is 2. The van der Waals surface area contributed by atoms with E-state index in [1.807, 2.05) is 49.5 Å². The third kappa shape index (κ3) is 3.23. The molecule has 116 valence electrons. The minimum absolute atomic E-state index is 0.193. The summed E-state index contributed by atoms with van der Waals surface area (Å²) in [6.07, 6.45) is 2.01. The van der Waals surface area contributed by atoms with E-state index in [0.29, 0.717) is 5.56 Å². The van der Waals surface area contributed by atoms with Crippen molar-refractivity contribution in [1.29, 1.82) is 0 Å². The van der Waals surface area contributed by atoms with Crippen molar-refractivity contribution >= 4 is 22.7 Å². The van der Waals surface area contributed by atoms with E-state index in [-0.39, 0.29) is 18.2 Å². The van der Waals surface area contributed by atoms with E-state index >= 15 is 0 Å². The van der Waals surface area contributed by atoms with Crippen LogP contribution in [0.3, 0.4) is 0 Å². The SMILES string of the molecule is Cc1ccccc1C(=O)NNC(=O)Cc1c[nH]c2ccccc12. The van der Waals surface area contributed by atoms with Crippen molar-refractivity contribution < 1.29 is 9.59 Å². The number of rotatable bonds is 3. The molecule has 0 saturated heterocycles. The van der Waals surface area contributed by atoms with Crippen molar-refractivity contribution in [3.63, 3.8) is 0 Å². The van der Waals surface area contributed by atoms with Crippen molar-refractivity contribution in [3.8, 4) is 0 Å². The van der Waals surface area contributed by atoms with E-state index in [1.54, 1.807) is 12.1 Å². The molecule has 0 aliphatic heterocycles. The Labute approximate surface area is 133 Å². The summed E-state index contributed by atoms with van der Waals surface area (Å²) in [4.78, 5) is 27.2. The van der Waals surface area contributed by atoms with E-state index in [9.17, 15) is 9.59 Å². The van der Waals surface area contributed by atoms with Crippen LogP contribution in [0.2, 0.25) is 0 Å². The van der Waals surface area contributed by atoms with Gasteiger partial charge in [0.25, 0.3) is 5.91 Å². The molecule has 0 radical (unpaired) electrons. The highest BCUT2D eigenvalue weighted by Crippen LogP contribution is 2.17. The highest BCUT2D eigenvalue weighted by atomic mass is 16.2. The van der Waals surface area contributed by atoms with Crippen LogP contribution in [0.15, 0.2) is 54.7 Å². The molecule has 0 fully saturated rings. The third-order valence-electron chi connectivity index (χ3n) is 3.73. The second-order valence-electron chi connectivity index (χ2n) is 5.35. The molecule has 1 heterocycles. The van der Waals surface area contributed by atoms with E-state index in [0.717, 1.165) is 22.0 Å². The maximum atomic E-state index is 12.1. The van der Waals surface area contributed by atoms with Gasteiger partial charge in [-0.1, -0.05) is 36.4 Å². The number of benzene rings is 2. The fraction of sp³-hybridized carbons (Fsp3) is 0.111. The number of para-hydroxylation sites is 1. The zero-order chi connectivity index (χ0) is 16.2. The zero-order valence-electron chi connectivity index (χ0n) is 12.7. The van der Waals surface area contributed by atoms with Crippen LogP contribution in [0.4, 0.5) is 0 Å². The van der Waals surface area contributed by atoms with Crippen molar-refractivity contribution in [2.24, 2.45) is 0 Å². The highest BCUT2D eigenvalue weighted by molar-refractivity contribution is 5.97. The van der Waals surface area contributed by atoms with Crippen LogP contribution in [0.25, 0.3) is 10.9 Å². The molecule has 5 heteroatoms. The molecule has 0 atom stereocenters. The van der Waals surface area contributed by atoms with Crippen LogP contribution < -0.4 is 10.9 Å². The summed E-state index contributed by atoms with van der Waals surface area (Å²) >= 11 is 0. The molecule has 0 saturated carbocycles. The van der Waals surface area contributed by atoms with Crippen molar-refractivity contribution in [2.45, 2.75) is 13.3 Å². The zero-order valence-corrected chi connectivity index (χ0v) is 12.7. The van der Waals surface area contributed by atoms with Gasteiger partial charge in [-0.25, -0.2) is 0 Å². The average molecular weight is 307 g/mol. The largest absolute Gasteiger partial charge is 0.361 e. The first-order valence-electron chi connectivity index (χ1n) is 7.35. The smallest absolute Gasteiger partial charge is 0.269 e. The van der Waals surface area contributed by atoms with Crippen LogP contribution in [0, 0.1) is 6.92 Å². The number of amides is 2. The van der Waals surface area contributed by atoms with Crippen LogP contribution in [-0.2, 0) is 11.2 Å². The number of nitrogens with one attached hydrogen (secondary N) is 3. The van der Waals surface area contributed by atoms with E-state index in [2.05, 4.69) is 15.8 Å². The molecule has 23 heavy (non-hydrogen) atoms. The van der Waals surface area contributed by atoms with E-state index in [4.69, 9.17) is 0 Å². The lowest BCUT2D eigenvalue weighted by molar-refractivity contribution is -0.121. The highest BCUT2D eigenvalue weighted by Gasteiger charge is 2.11. The number of H-pyrrole nitrogens is 1. The van der Waals surface area contributed by atoms with Gasteiger partial charge in [-0.3, -0.25) is 20.4 Å². The maximum absolute atomic E-state index is 12.1. The summed E-state index contributed by atoms with van der Waals surface area (Å²) in [5.41, 5.74) is 8.19. The topological polar surface area (TPSA) is 74.0 Å². The van der Waals surface area contributed by atoms with Crippen LogP contribution in [0.5, 0.6) is 0 Å². The molecular formula is C18H17N3O2. The van der Waals surface area contributed by atoms with Crippen molar-refractivity contribution in [2.75, 3.05) is 0 Å². The summed E-state index contributed by atoms with van der Waals surface area (Å²) < 4.78 is 0. The van der Waals surface area contributed by atoms with Gasteiger partial charge in [-0.05, 0) is 30.2 Å². The molecule has 1 aromatic heterocycles. The third-order valence-corrected chi connectivity index (χ3v) is 3.73. The van der Waals surface area contributed by atoms with Gasteiger partial charge in [0.05, 0.1) is 6.42 Å². The van der Waals surface area contributed by atoms with Gasteiger partial charge in [-0.15, -0.1) is 0 Å². The number of carbonyl (C=O) groups excluding carboxylic acids is 2. The fourth-order valence-electron chi connectivity index (χ4n) is 2.52. The Morgan fingerprint density at radius 2 is 1.74 bits per heavy atom. The number of aromatic amines is 1. The predicted octanol–water partition coefficient (Wildman–Crippen LogP) is 2.48. The molecule has 2 amide bonds. The second-order valence-corrected chi connectivity index (χ2v) is 5.35. The lowest BCUT2D eigenvalue weighted by atomic mass is 10.1. The van der Waals surface area contributed by atoms with E-state index in [1.165, 1.54) is 0 Å². The molecule has 0 unspecified atom stereocenters. The monoisotopic (exact) mass is 307 g/mol. The molecule has 3 rings (SSSR count). The number of hydrogen-bond acceptors (Lipinski definition) is 2. The van der Waals surface area contributed by atoms with Crippen LogP contribution >= 0.6 is 0 Å². The minimum Gasteiger partial charge on any atom is -0.361 e. The van der Waals surface area contributed by atoms with E-state index < -0.39 is 0 Å². The second kappa shape index (κ2) is 6.36. The maximum Gasteiger partial charge on any atom is 0.269 e. The molecule has 0 bridgehead atoms. The number of hydrazine groups is 1. The van der Waals surface area contributed by atoms with Gasteiger partial charge in [0.15, 0.2) is 0 Å². The van der Waals surface area contributed by atoms with Crippen molar-refractivity contribution in [3.05, 3.63) is 71.4 Å². The quantitative estimate of drug-likeness (QED) is 0.650. The molecular weight excluding hydrogens is 290 g/mol. The van der Waals surface area contributed by atoms with Gasteiger partial charge < -0.3 is 4.98 Å². The summed E-state index contributed by atoms with van der Waals surface area (Å²) in [7, 11) is 0. The Morgan fingerprint density at radius 1 is 1.00 bits per heavy atom. The Kier molecular flexibility index (Phi) is 4.10.